The first-order chi connectivity index (χ1) is 12.7. The number of anilines is 1. The van der Waals surface area contributed by atoms with Crippen molar-refractivity contribution in [3.63, 3.8) is 0 Å². The van der Waals surface area contributed by atoms with Crippen molar-refractivity contribution in [2.45, 2.75) is 13.5 Å². The van der Waals surface area contributed by atoms with Crippen molar-refractivity contribution in [2.75, 3.05) is 18.5 Å². The predicted molar refractivity (Wildman–Crippen MR) is 94.7 cm³/mol. The fraction of sp³-hybridized carbons (Fsp3) is 0.222. The van der Waals surface area contributed by atoms with Gasteiger partial charge in [0.1, 0.15) is 17.8 Å². The summed E-state index contributed by atoms with van der Waals surface area (Å²) in [5.41, 5.74) is 1.93. The zero-order valence-corrected chi connectivity index (χ0v) is 14.2. The van der Waals surface area contributed by atoms with Crippen LogP contribution in [0.3, 0.4) is 0 Å². The first-order valence-corrected chi connectivity index (χ1v) is 8.13. The van der Waals surface area contributed by atoms with Crippen molar-refractivity contribution < 1.29 is 19.1 Å². The number of nitrogens with zero attached hydrogens (tertiary/aromatic N) is 3. The van der Waals surface area contributed by atoms with Crippen molar-refractivity contribution in [2.24, 2.45) is 0 Å². The Morgan fingerprint density at radius 3 is 2.73 bits per heavy atom. The fourth-order valence-corrected chi connectivity index (χ4v) is 2.39. The van der Waals surface area contributed by atoms with E-state index in [4.69, 9.17) is 9.47 Å². The highest BCUT2D eigenvalue weighted by Crippen LogP contribution is 2.23. The van der Waals surface area contributed by atoms with Crippen LogP contribution in [0.25, 0.3) is 11.0 Å². The summed E-state index contributed by atoms with van der Waals surface area (Å²) in [6.07, 6.45) is 0. The molecule has 8 heteroatoms. The quantitative estimate of drug-likeness (QED) is 0.652. The summed E-state index contributed by atoms with van der Waals surface area (Å²) in [6, 6.07) is 14.3. The smallest absolute Gasteiger partial charge is 0.328 e. The zero-order valence-electron chi connectivity index (χ0n) is 14.2. The van der Waals surface area contributed by atoms with Crippen LogP contribution < -0.4 is 10.1 Å². The van der Waals surface area contributed by atoms with Gasteiger partial charge in [-0.1, -0.05) is 29.5 Å². The number of amides is 1. The van der Waals surface area contributed by atoms with Crippen LogP contribution in [0.5, 0.6) is 5.75 Å². The lowest BCUT2D eigenvalue weighted by Gasteiger charge is -2.11. The molecule has 0 radical (unpaired) electrons. The molecule has 3 rings (SSSR count). The number of para-hydroxylation sites is 3. The highest BCUT2D eigenvalue weighted by Gasteiger charge is 2.13. The number of hydrogen-bond donors (Lipinski definition) is 1. The third-order valence-electron chi connectivity index (χ3n) is 3.52. The van der Waals surface area contributed by atoms with Crippen LogP contribution in [0, 0.1) is 0 Å². The number of nitrogens with one attached hydrogen (secondary N) is 1. The highest BCUT2D eigenvalue weighted by molar-refractivity contribution is 5.94. The van der Waals surface area contributed by atoms with E-state index in [0.717, 1.165) is 5.52 Å². The minimum atomic E-state index is -0.575. The topological polar surface area (TPSA) is 95.3 Å². The third-order valence-corrected chi connectivity index (χ3v) is 3.52. The average Bonchev–Trinajstić information content (AvgIpc) is 3.05. The second-order valence-electron chi connectivity index (χ2n) is 5.37. The van der Waals surface area contributed by atoms with Crippen LogP contribution >= 0.6 is 0 Å². The molecule has 0 aliphatic heterocycles. The van der Waals surface area contributed by atoms with Crippen LogP contribution in [-0.4, -0.2) is 40.1 Å². The van der Waals surface area contributed by atoms with E-state index in [-0.39, 0.29) is 6.54 Å². The summed E-state index contributed by atoms with van der Waals surface area (Å²) in [5, 5.41) is 10.5. The second kappa shape index (κ2) is 8.11. The molecule has 26 heavy (non-hydrogen) atoms. The summed E-state index contributed by atoms with van der Waals surface area (Å²) in [5.74, 6) is -0.466. The van der Waals surface area contributed by atoms with E-state index >= 15 is 0 Å². The molecule has 0 aliphatic rings. The molecule has 0 unspecified atom stereocenters. The summed E-state index contributed by atoms with van der Waals surface area (Å²) < 4.78 is 11.9. The highest BCUT2D eigenvalue weighted by atomic mass is 16.5. The monoisotopic (exact) mass is 354 g/mol. The van der Waals surface area contributed by atoms with Gasteiger partial charge in [-0.2, -0.15) is 0 Å². The number of aromatic nitrogens is 3. The van der Waals surface area contributed by atoms with E-state index in [0.29, 0.717) is 23.6 Å². The molecule has 0 atom stereocenters. The molecule has 0 saturated heterocycles. The molecule has 3 aromatic rings. The lowest BCUT2D eigenvalue weighted by Crippen LogP contribution is -2.23. The van der Waals surface area contributed by atoms with Gasteiger partial charge in [0.15, 0.2) is 6.61 Å². The summed E-state index contributed by atoms with van der Waals surface area (Å²) in [6.45, 7) is 1.82. The van der Waals surface area contributed by atoms with Gasteiger partial charge in [0, 0.05) is 0 Å². The van der Waals surface area contributed by atoms with Gasteiger partial charge in [-0.15, -0.1) is 5.10 Å². The SMILES string of the molecule is CCOc1ccccc1NC(=O)COC(=O)Cn1nnc2ccccc21. The molecule has 0 saturated carbocycles. The van der Waals surface area contributed by atoms with Crippen molar-refractivity contribution in [3.05, 3.63) is 48.5 Å². The molecule has 1 aromatic heterocycles. The molecule has 0 fully saturated rings. The minimum absolute atomic E-state index is 0.122. The Morgan fingerprint density at radius 1 is 1.12 bits per heavy atom. The van der Waals surface area contributed by atoms with Gasteiger partial charge in [0.05, 0.1) is 17.8 Å². The van der Waals surface area contributed by atoms with E-state index in [1.165, 1.54) is 4.68 Å². The summed E-state index contributed by atoms with van der Waals surface area (Å²) in [7, 11) is 0. The molecule has 1 N–H and O–H groups in total. The zero-order chi connectivity index (χ0) is 18.4. The second-order valence-corrected chi connectivity index (χ2v) is 5.37. The number of fused-ring (bicyclic) bond motifs is 1. The van der Waals surface area contributed by atoms with Gasteiger partial charge in [-0.3, -0.25) is 9.59 Å². The van der Waals surface area contributed by atoms with Crippen molar-refractivity contribution in [1.29, 1.82) is 0 Å². The minimum Gasteiger partial charge on any atom is -0.492 e. The van der Waals surface area contributed by atoms with Gasteiger partial charge in [0.2, 0.25) is 0 Å². The van der Waals surface area contributed by atoms with Crippen LogP contribution in [0.1, 0.15) is 6.92 Å². The number of benzene rings is 2. The number of ether oxygens (including phenoxy) is 2. The number of carbonyl (C=O) groups excluding carboxylic acids is 2. The molecule has 1 amide bonds. The summed E-state index contributed by atoms with van der Waals surface area (Å²) >= 11 is 0. The molecule has 8 nitrogen and oxygen atoms in total. The van der Waals surface area contributed by atoms with Gasteiger partial charge in [-0.05, 0) is 31.2 Å². The standard InChI is InChI=1S/C18H18N4O4/c1-2-25-16-10-6-4-8-14(16)19-17(23)12-26-18(24)11-22-15-9-5-3-7-13(15)20-21-22/h3-10H,2,11-12H2,1H3,(H,19,23). The van der Waals surface area contributed by atoms with Crippen LogP contribution in [-0.2, 0) is 20.9 Å². The van der Waals surface area contributed by atoms with Crippen LogP contribution in [0.15, 0.2) is 48.5 Å². The van der Waals surface area contributed by atoms with E-state index in [1.54, 1.807) is 30.3 Å². The third kappa shape index (κ3) is 4.15. The Hall–Kier alpha value is -3.42. The normalized spacial score (nSPS) is 10.5. The first-order valence-electron chi connectivity index (χ1n) is 8.13. The van der Waals surface area contributed by atoms with Crippen molar-refractivity contribution >= 4 is 28.6 Å². The molecule has 0 bridgehead atoms. The molecule has 0 spiro atoms. The van der Waals surface area contributed by atoms with Crippen molar-refractivity contribution in [1.82, 2.24) is 15.0 Å². The lowest BCUT2D eigenvalue weighted by atomic mass is 10.3. The van der Waals surface area contributed by atoms with E-state index in [2.05, 4.69) is 15.6 Å². The maximum absolute atomic E-state index is 12.0. The largest absolute Gasteiger partial charge is 0.492 e. The number of esters is 1. The fourth-order valence-electron chi connectivity index (χ4n) is 2.39. The number of hydrogen-bond acceptors (Lipinski definition) is 6. The summed E-state index contributed by atoms with van der Waals surface area (Å²) in [4.78, 5) is 24.0. The molecular formula is C18H18N4O4. The van der Waals surface area contributed by atoms with Gasteiger partial charge in [0.25, 0.3) is 5.91 Å². The van der Waals surface area contributed by atoms with E-state index in [1.807, 2.05) is 25.1 Å². The number of rotatable bonds is 7. The Bertz CT molecular complexity index is 922. The Labute approximate surface area is 149 Å². The van der Waals surface area contributed by atoms with Gasteiger partial charge in [-0.25, -0.2) is 4.68 Å². The Kier molecular flexibility index (Phi) is 5.43. The van der Waals surface area contributed by atoms with Crippen molar-refractivity contribution in [3.8, 4) is 5.75 Å². The maximum atomic E-state index is 12.0. The molecule has 2 aromatic carbocycles. The van der Waals surface area contributed by atoms with Crippen LogP contribution in [0.2, 0.25) is 0 Å². The van der Waals surface area contributed by atoms with Gasteiger partial charge >= 0.3 is 5.97 Å². The van der Waals surface area contributed by atoms with E-state index < -0.39 is 18.5 Å². The Balaban J connectivity index is 1.54. The first kappa shape index (κ1) is 17.4. The van der Waals surface area contributed by atoms with E-state index in [9.17, 15) is 9.59 Å². The molecular weight excluding hydrogens is 336 g/mol. The number of carbonyl (C=O) groups is 2. The van der Waals surface area contributed by atoms with Gasteiger partial charge < -0.3 is 14.8 Å². The van der Waals surface area contributed by atoms with Crippen LogP contribution in [0.4, 0.5) is 5.69 Å². The molecule has 1 heterocycles. The molecule has 0 aliphatic carbocycles. The average molecular weight is 354 g/mol. The Morgan fingerprint density at radius 2 is 1.88 bits per heavy atom. The molecule has 134 valence electrons. The lowest BCUT2D eigenvalue weighted by molar-refractivity contribution is -0.148. The maximum Gasteiger partial charge on any atom is 0.328 e. The predicted octanol–water partition coefficient (Wildman–Crippen LogP) is 2.01.